The van der Waals surface area contributed by atoms with Gasteiger partial charge in [-0.2, -0.15) is 0 Å². The molecule has 0 bridgehead atoms. The molecular weight excluding hydrogens is 236 g/mol. The lowest BCUT2D eigenvalue weighted by atomic mass is 9.70. The van der Waals surface area contributed by atoms with Crippen molar-refractivity contribution in [2.75, 3.05) is 6.54 Å². The second-order valence-electron chi connectivity index (χ2n) is 8.02. The molecule has 2 aliphatic carbocycles. The summed E-state index contributed by atoms with van der Waals surface area (Å²) in [5.74, 6) is 0.937. The van der Waals surface area contributed by atoms with Gasteiger partial charge in [-0.1, -0.05) is 34.6 Å². The first-order valence-corrected chi connectivity index (χ1v) is 7.68. The van der Waals surface area contributed by atoms with E-state index in [9.17, 15) is 4.79 Å². The number of hydrogen-bond donors (Lipinski definition) is 2. The Morgan fingerprint density at radius 2 is 1.63 bits per heavy atom. The van der Waals surface area contributed by atoms with Gasteiger partial charge in [-0.3, -0.25) is 4.79 Å². The molecule has 2 fully saturated rings. The van der Waals surface area contributed by atoms with E-state index in [0.29, 0.717) is 6.54 Å². The van der Waals surface area contributed by atoms with Crippen molar-refractivity contribution in [3.63, 3.8) is 0 Å². The summed E-state index contributed by atoms with van der Waals surface area (Å²) in [6, 6.07) is 0.287. The summed E-state index contributed by atoms with van der Waals surface area (Å²) in [4.78, 5) is 12.7. The quantitative estimate of drug-likeness (QED) is 0.825. The van der Waals surface area contributed by atoms with Gasteiger partial charge in [0, 0.05) is 12.6 Å². The Hall–Kier alpha value is -0.570. The van der Waals surface area contributed by atoms with E-state index in [1.807, 2.05) is 0 Å². The minimum absolute atomic E-state index is 0.195. The fourth-order valence-corrected chi connectivity index (χ4v) is 3.68. The van der Waals surface area contributed by atoms with Gasteiger partial charge < -0.3 is 11.1 Å². The van der Waals surface area contributed by atoms with E-state index >= 15 is 0 Å². The van der Waals surface area contributed by atoms with Gasteiger partial charge in [-0.25, -0.2) is 0 Å². The van der Waals surface area contributed by atoms with E-state index in [4.69, 9.17) is 5.73 Å². The third-order valence-corrected chi connectivity index (χ3v) is 6.40. The molecule has 0 aromatic heterocycles. The van der Waals surface area contributed by atoms with Crippen LogP contribution in [0.5, 0.6) is 0 Å². The van der Waals surface area contributed by atoms with Crippen molar-refractivity contribution >= 4 is 5.91 Å². The first-order valence-electron chi connectivity index (χ1n) is 7.68. The number of carbonyl (C=O) groups excluding carboxylic acids is 1. The molecule has 0 saturated heterocycles. The molecule has 110 valence electrons. The summed E-state index contributed by atoms with van der Waals surface area (Å²) in [5, 5.41) is 3.29. The Labute approximate surface area is 117 Å². The zero-order chi connectivity index (χ0) is 14.5. The van der Waals surface area contributed by atoms with Crippen LogP contribution in [0.3, 0.4) is 0 Å². The standard InChI is InChI=1S/C16H30N2O/c1-11-6-8-16(10-17,9-7-11)13(19)18-12-14(2,3)15(12,4)5/h11-12H,6-10,17H2,1-5H3,(H,18,19). The Kier molecular flexibility index (Phi) is 3.49. The van der Waals surface area contributed by atoms with Crippen LogP contribution < -0.4 is 11.1 Å². The van der Waals surface area contributed by atoms with E-state index in [2.05, 4.69) is 39.9 Å². The summed E-state index contributed by atoms with van der Waals surface area (Å²) >= 11 is 0. The number of nitrogens with two attached hydrogens (primary N) is 1. The fourth-order valence-electron chi connectivity index (χ4n) is 3.68. The van der Waals surface area contributed by atoms with Gasteiger partial charge in [0.2, 0.25) is 5.91 Å². The minimum atomic E-state index is -0.304. The average Bonchev–Trinajstić information content (AvgIpc) is 2.73. The largest absolute Gasteiger partial charge is 0.352 e. The predicted octanol–water partition coefficient (Wildman–Crippen LogP) is 2.69. The molecule has 2 aliphatic rings. The number of amides is 1. The molecule has 3 N–H and O–H groups in total. The molecule has 2 rings (SSSR count). The molecule has 0 unspecified atom stereocenters. The molecule has 1 amide bonds. The maximum Gasteiger partial charge on any atom is 0.227 e. The van der Waals surface area contributed by atoms with Crippen LogP contribution in [0.2, 0.25) is 0 Å². The van der Waals surface area contributed by atoms with Crippen LogP contribution in [0.25, 0.3) is 0 Å². The maximum atomic E-state index is 12.7. The van der Waals surface area contributed by atoms with Crippen LogP contribution in [-0.2, 0) is 4.79 Å². The molecule has 0 radical (unpaired) electrons. The predicted molar refractivity (Wildman–Crippen MR) is 78.6 cm³/mol. The topological polar surface area (TPSA) is 55.1 Å². The number of hydrogen-bond acceptors (Lipinski definition) is 2. The minimum Gasteiger partial charge on any atom is -0.352 e. The fraction of sp³-hybridized carbons (Fsp3) is 0.938. The molecule has 3 nitrogen and oxygen atoms in total. The van der Waals surface area contributed by atoms with Crippen molar-refractivity contribution in [1.29, 1.82) is 0 Å². The van der Waals surface area contributed by atoms with Gasteiger partial charge in [0.25, 0.3) is 0 Å². The highest BCUT2D eigenvalue weighted by atomic mass is 16.2. The zero-order valence-electron chi connectivity index (χ0n) is 13.2. The lowest BCUT2D eigenvalue weighted by Crippen LogP contribution is -2.49. The Morgan fingerprint density at radius 3 is 2.00 bits per heavy atom. The van der Waals surface area contributed by atoms with Crippen LogP contribution in [-0.4, -0.2) is 18.5 Å². The van der Waals surface area contributed by atoms with Gasteiger partial charge in [0.1, 0.15) is 0 Å². The number of nitrogens with one attached hydrogen (secondary N) is 1. The molecule has 3 heteroatoms. The monoisotopic (exact) mass is 266 g/mol. The first kappa shape index (κ1) is 14.8. The van der Waals surface area contributed by atoms with Crippen LogP contribution >= 0.6 is 0 Å². The molecule has 0 heterocycles. The van der Waals surface area contributed by atoms with Gasteiger partial charge >= 0.3 is 0 Å². The van der Waals surface area contributed by atoms with Crippen molar-refractivity contribution in [2.45, 2.75) is 66.3 Å². The summed E-state index contributed by atoms with van der Waals surface area (Å²) in [5.41, 5.74) is 6.04. The Morgan fingerprint density at radius 1 is 1.16 bits per heavy atom. The third-order valence-electron chi connectivity index (χ3n) is 6.40. The van der Waals surface area contributed by atoms with Crippen LogP contribution in [0.4, 0.5) is 0 Å². The third kappa shape index (κ3) is 2.20. The van der Waals surface area contributed by atoms with Crippen molar-refractivity contribution < 1.29 is 4.79 Å². The van der Waals surface area contributed by atoms with E-state index in [1.54, 1.807) is 0 Å². The summed E-state index contributed by atoms with van der Waals surface area (Å²) in [6.07, 6.45) is 4.15. The molecular formula is C16H30N2O. The number of carbonyl (C=O) groups is 1. The summed E-state index contributed by atoms with van der Waals surface area (Å²) in [6.45, 7) is 11.7. The van der Waals surface area contributed by atoms with Gasteiger partial charge in [-0.05, 0) is 42.4 Å². The normalized spacial score (nSPS) is 36.8. The maximum absolute atomic E-state index is 12.7. The SMILES string of the molecule is CC1CCC(CN)(C(=O)NC2C(C)(C)C2(C)C)CC1. The lowest BCUT2D eigenvalue weighted by Gasteiger charge is -2.37. The summed E-state index contributed by atoms with van der Waals surface area (Å²) in [7, 11) is 0. The molecule has 0 aliphatic heterocycles. The van der Waals surface area contributed by atoms with Gasteiger partial charge in [0.05, 0.1) is 5.41 Å². The van der Waals surface area contributed by atoms with Gasteiger partial charge in [0.15, 0.2) is 0 Å². The number of rotatable bonds is 3. The van der Waals surface area contributed by atoms with E-state index in [-0.39, 0.29) is 28.2 Å². The smallest absolute Gasteiger partial charge is 0.227 e. The van der Waals surface area contributed by atoms with Crippen molar-refractivity contribution in [2.24, 2.45) is 27.9 Å². The molecule has 0 aromatic rings. The molecule has 0 atom stereocenters. The highest BCUT2D eigenvalue weighted by molar-refractivity contribution is 5.84. The van der Waals surface area contributed by atoms with Crippen LogP contribution in [0.1, 0.15) is 60.3 Å². The molecule has 0 aromatic carbocycles. The summed E-state index contributed by atoms with van der Waals surface area (Å²) < 4.78 is 0. The lowest BCUT2D eigenvalue weighted by molar-refractivity contribution is -0.133. The van der Waals surface area contributed by atoms with E-state index in [0.717, 1.165) is 31.6 Å². The van der Waals surface area contributed by atoms with E-state index in [1.165, 1.54) is 0 Å². The zero-order valence-corrected chi connectivity index (χ0v) is 13.2. The molecule has 0 spiro atoms. The Bertz CT molecular complexity index is 351. The van der Waals surface area contributed by atoms with Crippen molar-refractivity contribution in [3.05, 3.63) is 0 Å². The van der Waals surface area contributed by atoms with Crippen LogP contribution in [0.15, 0.2) is 0 Å². The molecule has 19 heavy (non-hydrogen) atoms. The average molecular weight is 266 g/mol. The Balaban J connectivity index is 2.03. The highest BCUT2D eigenvalue weighted by Gasteiger charge is 2.66. The highest BCUT2D eigenvalue weighted by Crippen LogP contribution is 2.62. The second kappa shape index (κ2) is 4.47. The first-order chi connectivity index (χ1) is 8.67. The molecule has 2 saturated carbocycles. The van der Waals surface area contributed by atoms with Crippen molar-refractivity contribution in [3.8, 4) is 0 Å². The van der Waals surface area contributed by atoms with Crippen molar-refractivity contribution in [1.82, 2.24) is 5.32 Å². The van der Waals surface area contributed by atoms with Crippen LogP contribution in [0, 0.1) is 22.2 Å². The second-order valence-corrected chi connectivity index (χ2v) is 8.02. The van der Waals surface area contributed by atoms with Gasteiger partial charge in [-0.15, -0.1) is 0 Å². The van der Waals surface area contributed by atoms with E-state index < -0.39 is 0 Å².